The predicted molar refractivity (Wildman–Crippen MR) is 131 cm³/mol. The lowest BCUT2D eigenvalue weighted by Gasteiger charge is -2.11. The summed E-state index contributed by atoms with van der Waals surface area (Å²) in [5, 5.41) is 0.815. The highest BCUT2D eigenvalue weighted by Gasteiger charge is 2.08. The maximum Gasteiger partial charge on any atom is 0.133 e. The molecule has 1 heterocycles. The van der Waals surface area contributed by atoms with Crippen LogP contribution in [0.1, 0.15) is 35.4 Å². The van der Waals surface area contributed by atoms with Gasteiger partial charge in [-0.25, -0.2) is 4.98 Å². The van der Waals surface area contributed by atoms with Gasteiger partial charge in [0.25, 0.3) is 0 Å². The summed E-state index contributed by atoms with van der Waals surface area (Å²) in [7, 11) is 0. The Morgan fingerprint density at radius 2 is 1.61 bits per heavy atom. The lowest BCUT2D eigenvalue weighted by molar-refractivity contribution is 0.303. The Hall–Kier alpha value is -3.04. The van der Waals surface area contributed by atoms with E-state index in [0.29, 0.717) is 6.61 Å². The summed E-state index contributed by atoms with van der Waals surface area (Å²) < 4.78 is 8.26. The zero-order chi connectivity index (χ0) is 21.6. The Bertz CT molecular complexity index is 1170. The maximum absolute atomic E-state index is 6.25. The lowest BCUT2D eigenvalue weighted by Crippen LogP contribution is -2.04. The maximum atomic E-state index is 6.25. The van der Waals surface area contributed by atoms with Crippen LogP contribution in [0, 0.1) is 13.8 Å². The Morgan fingerprint density at radius 3 is 2.39 bits per heavy atom. The number of unbranched alkanes of at least 4 members (excludes halogenated alkanes) is 1. The van der Waals surface area contributed by atoms with Crippen LogP contribution in [0.5, 0.6) is 5.75 Å². The third kappa shape index (κ3) is 5.18. The van der Waals surface area contributed by atoms with Gasteiger partial charge in [0.05, 0.1) is 17.6 Å². The van der Waals surface area contributed by atoms with Crippen molar-refractivity contribution in [3.05, 3.63) is 94.3 Å². The number of aromatic nitrogens is 2. The van der Waals surface area contributed by atoms with Gasteiger partial charge in [-0.15, -0.1) is 0 Å². The molecule has 0 radical (unpaired) electrons. The smallest absolute Gasteiger partial charge is 0.133 e. The number of aryl methyl sites for hydroxylation is 3. The first-order valence-corrected chi connectivity index (χ1v) is 11.1. The SMILES string of the molecule is Cc1cc(OCCCCn2c(/C=C/c3ccccc3)nc3ccccc32)cc(C)c1Cl. The summed E-state index contributed by atoms with van der Waals surface area (Å²) in [5.41, 5.74) is 5.47. The lowest BCUT2D eigenvalue weighted by atomic mass is 10.1. The minimum Gasteiger partial charge on any atom is -0.494 e. The van der Waals surface area contributed by atoms with Crippen LogP contribution in [-0.4, -0.2) is 16.2 Å². The summed E-state index contributed by atoms with van der Waals surface area (Å²) in [6, 6.07) is 22.6. The fraction of sp³-hybridized carbons (Fsp3) is 0.222. The monoisotopic (exact) mass is 430 g/mol. The van der Waals surface area contributed by atoms with Crippen LogP contribution in [0.4, 0.5) is 0 Å². The summed E-state index contributed by atoms with van der Waals surface area (Å²) in [5.74, 6) is 1.87. The highest BCUT2D eigenvalue weighted by atomic mass is 35.5. The van der Waals surface area contributed by atoms with Gasteiger partial charge in [-0.05, 0) is 73.7 Å². The topological polar surface area (TPSA) is 27.1 Å². The van der Waals surface area contributed by atoms with Crippen LogP contribution in [0.2, 0.25) is 5.02 Å². The molecule has 0 unspecified atom stereocenters. The quantitative estimate of drug-likeness (QED) is 0.273. The average molecular weight is 431 g/mol. The molecular weight excluding hydrogens is 404 g/mol. The predicted octanol–water partition coefficient (Wildman–Crippen LogP) is 7.34. The van der Waals surface area contributed by atoms with E-state index in [1.54, 1.807) is 0 Å². The molecule has 3 nitrogen and oxygen atoms in total. The fourth-order valence-electron chi connectivity index (χ4n) is 3.74. The van der Waals surface area contributed by atoms with Crippen LogP contribution >= 0.6 is 11.6 Å². The molecule has 4 aromatic rings. The first-order valence-electron chi connectivity index (χ1n) is 10.7. The van der Waals surface area contributed by atoms with Crippen LogP contribution in [0.15, 0.2) is 66.7 Å². The van der Waals surface area contributed by atoms with Crippen LogP contribution in [0.25, 0.3) is 23.2 Å². The molecule has 0 N–H and O–H groups in total. The number of imidazole rings is 1. The fourth-order valence-corrected chi connectivity index (χ4v) is 3.85. The van der Waals surface area contributed by atoms with Gasteiger partial charge in [0, 0.05) is 11.6 Å². The Kier molecular flexibility index (Phi) is 6.73. The second-order valence-corrected chi connectivity index (χ2v) is 8.16. The Balaban J connectivity index is 1.41. The molecule has 0 aliphatic rings. The Labute approximate surface area is 189 Å². The summed E-state index contributed by atoms with van der Waals surface area (Å²) >= 11 is 6.25. The minimum atomic E-state index is 0.683. The number of nitrogens with zero attached hydrogens (tertiary/aromatic N) is 2. The summed E-state index contributed by atoms with van der Waals surface area (Å²) in [4.78, 5) is 4.83. The molecule has 0 aliphatic carbocycles. The van der Waals surface area contributed by atoms with Gasteiger partial charge in [-0.1, -0.05) is 60.1 Å². The zero-order valence-electron chi connectivity index (χ0n) is 18.0. The van der Waals surface area contributed by atoms with Crippen molar-refractivity contribution in [3.8, 4) is 5.75 Å². The number of hydrogen-bond acceptors (Lipinski definition) is 2. The molecule has 1 aromatic heterocycles. The second kappa shape index (κ2) is 9.84. The summed E-state index contributed by atoms with van der Waals surface area (Å²) in [6.07, 6.45) is 6.20. The molecule has 3 aromatic carbocycles. The normalized spacial score (nSPS) is 11.5. The highest BCUT2D eigenvalue weighted by Crippen LogP contribution is 2.26. The largest absolute Gasteiger partial charge is 0.494 e. The van der Waals surface area contributed by atoms with Crippen LogP contribution < -0.4 is 4.74 Å². The van der Waals surface area contributed by atoms with E-state index < -0.39 is 0 Å². The summed E-state index contributed by atoms with van der Waals surface area (Å²) in [6.45, 7) is 5.60. The molecule has 0 bridgehead atoms. The van der Waals surface area contributed by atoms with E-state index in [0.717, 1.165) is 52.6 Å². The molecular formula is C27H27ClN2O. The van der Waals surface area contributed by atoms with E-state index in [9.17, 15) is 0 Å². The molecule has 0 amide bonds. The van der Waals surface area contributed by atoms with E-state index in [1.165, 1.54) is 11.1 Å². The molecule has 158 valence electrons. The minimum absolute atomic E-state index is 0.683. The number of halogens is 1. The molecule has 31 heavy (non-hydrogen) atoms. The number of para-hydroxylation sites is 2. The van der Waals surface area contributed by atoms with Gasteiger partial charge >= 0.3 is 0 Å². The number of rotatable bonds is 8. The molecule has 4 rings (SSSR count). The van der Waals surface area contributed by atoms with E-state index >= 15 is 0 Å². The number of benzene rings is 3. The van der Waals surface area contributed by atoms with Gasteiger partial charge in [0.2, 0.25) is 0 Å². The van der Waals surface area contributed by atoms with Crippen molar-refractivity contribution in [2.45, 2.75) is 33.2 Å². The van der Waals surface area contributed by atoms with Gasteiger partial charge in [0.15, 0.2) is 0 Å². The molecule has 0 atom stereocenters. The van der Waals surface area contributed by atoms with Gasteiger partial charge in [-0.3, -0.25) is 0 Å². The molecule has 0 spiro atoms. The van der Waals surface area contributed by atoms with Gasteiger partial charge in [0.1, 0.15) is 11.6 Å². The molecule has 0 saturated heterocycles. The zero-order valence-corrected chi connectivity index (χ0v) is 18.8. The van der Waals surface area contributed by atoms with Crippen molar-refractivity contribution >= 4 is 34.8 Å². The average Bonchev–Trinajstić information content (AvgIpc) is 3.14. The third-order valence-corrected chi connectivity index (χ3v) is 5.96. The van der Waals surface area contributed by atoms with Crippen molar-refractivity contribution in [2.75, 3.05) is 6.61 Å². The van der Waals surface area contributed by atoms with Crippen molar-refractivity contribution in [1.82, 2.24) is 9.55 Å². The van der Waals surface area contributed by atoms with Gasteiger partial charge in [-0.2, -0.15) is 0 Å². The first kappa shape index (κ1) is 21.2. The molecule has 0 fully saturated rings. The van der Waals surface area contributed by atoms with Crippen molar-refractivity contribution < 1.29 is 4.74 Å². The Morgan fingerprint density at radius 1 is 0.903 bits per heavy atom. The first-order chi connectivity index (χ1) is 15.1. The van der Waals surface area contributed by atoms with E-state index in [-0.39, 0.29) is 0 Å². The van der Waals surface area contributed by atoms with Gasteiger partial charge < -0.3 is 9.30 Å². The number of fused-ring (bicyclic) bond motifs is 1. The van der Waals surface area contributed by atoms with Crippen molar-refractivity contribution in [2.24, 2.45) is 0 Å². The number of hydrogen-bond donors (Lipinski definition) is 0. The molecule has 0 aliphatic heterocycles. The van der Waals surface area contributed by atoms with Crippen LogP contribution in [0.3, 0.4) is 0 Å². The third-order valence-electron chi connectivity index (χ3n) is 5.36. The molecule has 4 heteroatoms. The van der Waals surface area contributed by atoms with Crippen molar-refractivity contribution in [3.63, 3.8) is 0 Å². The molecule has 0 saturated carbocycles. The second-order valence-electron chi connectivity index (χ2n) is 7.78. The number of ether oxygens (including phenoxy) is 1. The van der Waals surface area contributed by atoms with E-state index in [2.05, 4.69) is 47.1 Å². The van der Waals surface area contributed by atoms with Crippen molar-refractivity contribution in [1.29, 1.82) is 0 Å². The van der Waals surface area contributed by atoms with E-state index in [4.69, 9.17) is 21.3 Å². The van der Waals surface area contributed by atoms with E-state index in [1.807, 2.05) is 50.2 Å². The standard InChI is InChI=1S/C27H27ClN2O/c1-20-18-23(19-21(2)27(20)28)31-17-9-8-16-30-25-13-7-6-12-24(25)29-26(30)15-14-22-10-4-3-5-11-22/h3-7,10-15,18-19H,8-9,16-17H2,1-2H3/b15-14+. The highest BCUT2D eigenvalue weighted by molar-refractivity contribution is 6.32. The van der Waals surface area contributed by atoms with Crippen LogP contribution in [-0.2, 0) is 6.54 Å².